The zero-order valence-electron chi connectivity index (χ0n) is 15.0. The van der Waals surface area contributed by atoms with Gasteiger partial charge in [-0.2, -0.15) is 13.2 Å². The number of nitrogens with zero attached hydrogens (tertiary/aromatic N) is 1. The fourth-order valence-electron chi connectivity index (χ4n) is 2.87. The van der Waals surface area contributed by atoms with E-state index in [1.807, 2.05) is 0 Å². The van der Waals surface area contributed by atoms with Crippen molar-refractivity contribution in [2.24, 2.45) is 0 Å². The van der Waals surface area contributed by atoms with Gasteiger partial charge in [0, 0.05) is 23.7 Å². The van der Waals surface area contributed by atoms with Crippen LogP contribution >= 0.6 is 0 Å². The highest BCUT2D eigenvalue weighted by atomic mass is 19.4. The van der Waals surface area contributed by atoms with E-state index in [2.05, 4.69) is 5.32 Å². The van der Waals surface area contributed by atoms with Crippen molar-refractivity contribution >= 4 is 17.2 Å². The van der Waals surface area contributed by atoms with Gasteiger partial charge in [-0.3, -0.25) is 14.9 Å². The third-order valence-electron chi connectivity index (χ3n) is 4.58. The second-order valence-corrected chi connectivity index (χ2v) is 6.60. The Hall–Kier alpha value is -3.16. The van der Waals surface area contributed by atoms with Gasteiger partial charge in [0.15, 0.2) is 0 Å². The van der Waals surface area contributed by atoms with Crippen molar-refractivity contribution in [3.05, 3.63) is 80.4 Å². The number of benzene rings is 2. The van der Waals surface area contributed by atoms with E-state index in [0.717, 1.165) is 36.1 Å². The van der Waals surface area contributed by atoms with Crippen molar-refractivity contribution in [2.75, 3.05) is 6.54 Å². The summed E-state index contributed by atoms with van der Waals surface area (Å²) in [7, 11) is 0. The van der Waals surface area contributed by atoms with E-state index in [9.17, 15) is 28.1 Å². The Morgan fingerprint density at radius 1 is 1.11 bits per heavy atom. The molecule has 1 aliphatic carbocycles. The highest BCUT2D eigenvalue weighted by Crippen LogP contribution is 2.37. The van der Waals surface area contributed by atoms with Gasteiger partial charge in [-0.15, -0.1) is 0 Å². The number of nitro groups is 1. The third kappa shape index (κ3) is 4.39. The van der Waals surface area contributed by atoms with Gasteiger partial charge in [-0.25, -0.2) is 0 Å². The molecule has 0 radical (unpaired) electrons. The summed E-state index contributed by atoms with van der Waals surface area (Å²) < 4.78 is 38.2. The highest BCUT2D eigenvalue weighted by Gasteiger charge is 2.30. The lowest BCUT2D eigenvalue weighted by atomic mass is 10.0. The first kappa shape index (κ1) is 19.6. The summed E-state index contributed by atoms with van der Waals surface area (Å²) in [6, 6.07) is 9.04. The number of hydrogen-bond donors (Lipinski definition) is 1. The Bertz CT molecular complexity index is 958. The number of carbonyl (C=O) groups excluding carboxylic acids is 1. The van der Waals surface area contributed by atoms with Crippen LogP contribution in [0.5, 0.6) is 0 Å². The maximum atomic E-state index is 12.7. The fraction of sp³-hybridized carbons (Fsp3) is 0.250. The number of alkyl halides is 3. The maximum Gasteiger partial charge on any atom is 0.416 e. The quantitative estimate of drug-likeness (QED) is 0.583. The van der Waals surface area contributed by atoms with E-state index in [0.29, 0.717) is 11.1 Å². The van der Waals surface area contributed by atoms with Gasteiger partial charge in [0.25, 0.3) is 11.6 Å². The molecule has 2 aromatic carbocycles. The number of hydrogen-bond acceptors (Lipinski definition) is 3. The zero-order chi connectivity index (χ0) is 20.5. The van der Waals surface area contributed by atoms with E-state index >= 15 is 0 Å². The van der Waals surface area contributed by atoms with Crippen molar-refractivity contribution in [1.82, 2.24) is 5.32 Å². The summed E-state index contributed by atoms with van der Waals surface area (Å²) in [5.74, 6) is -0.478. The van der Waals surface area contributed by atoms with Crippen LogP contribution in [-0.4, -0.2) is 17.4 Å². The lowest BCUT2D eigenvalue weighted by Gasteiger charge is -2.12. The molecule has 1 fully saturated rings. The van der Waals surface area contributed by atoms with Crippen molar-refractivity contribution in [1.29, 1.82) is 0 Å². The number of nitro benzene ring substituents is 1. The predicted octanol–water partition coefficient (Wildman–Crippen LogP) is 4.90. The Morgan fingerprint density at radius 2 is 1.71 bits per heavy atom. The summed E-state index contributed by atoms with van der Waals surface area (Å²) in [5, 5.41) is 13.7. The molecule has 0 unspecified atom stereocenters. The number of allylic oxidation sites excluding steroid dienone is 1. The van der Waals surface area contributed by atoms with Crippen molar-refractivity contribution < 1.29 is 22.9 Å². The molecule has 5 nitrogen and oxygen atoms in total. The first-order valence-electron chi connectivity index (χ1n) is 8.58. The van der Waals surface area contributed by atoms with Crippen molar-refractivity contribution in [3.63, 3.8) is 0 Å². The molecule has 0 atom stereocenters. The highest BCUT2D eigenvalue weighted by molar-refractivity contribution is 5.96. The molecule has 28 heavy (non-hydrogen) atoms. The molecule has 0 bridgehead atoms. The molecule has 0 aliphatic heterocycles. The minimum Gasteiger partial charge on any atom is -0.348 e. The minimum absolute atomic E-state index is 0.140. The monoisotopic (exact) mass is 390 g/mol. The van der Waals surface area contributed by atoms with Gasteiger partial charge in [-0.05, 0) is 49.1 Å². The fourth-order valence-corrected chi connectivity index (χ4v) is 2.87. The van der Waals surface area contributed by atoms with Crippen LogP contribution in [0.25, 0.3) is 5.57 Å². The summed E-state index contributed by atoms with van der Waals surface area (Å²) in [5.41, 5.74) is 2.22. The smallest absolute Gasteiger partial charge is 0.348 e. The normalized spacial score (nSPS) is 13.2. The van der Waals surface area contributed by atoms with Gasteiger partial charge in [0.1, 0.15) is 0 Å². The number of rotatable bonds is 5. The molecular formula is C20H17F3N2O3. The van der Waals surface area contributed by atoms with Crippen LogP contribution in [0.3, 0.4) is 0 Å². The summed E-state index contributed by atoms with van der Waals surface area (Å²) in [4.78, 5) is 22.9. The van der Waals surface area contributed by atoms with Crippen LogP contribution < -0.4 is 5.32 Å². The van der Waals surface area contributed by atoms with E-state index in [1.165, 1.54) is 30.3 Å². The Morgan fingerprint density at radius 3 is 2.25 bits per heavy atom. The van der Waals surface area contributed by atoms with E-state index < -0.39 is 22.6 Å². The average molecular weight is 390 g/mol. The summed E-state index contributed by atoms with van der Waals surface area (Å²) in [6.07, 6.45) is -2.73. The van der Waals surface area contributed by atoms with Gasteiger partial charge >= 0.3 is 6.18 Å². The Balaban J connectivity index is 1.75. The Labute approximate surface area is 159 Å². The number of aryl methyl sites for hydroxylation is 1. The van der Waals surface area contributed by atoms with Crippen LogP contribution in [-0.2, 0) is 6.18 Å². The molecule has 0 spiro atoms. The SMILES string of the molecule is Cc1ccc(C(=O)NCC(=C2CC2)c2ccc(C(F)(F)F)cc2)cc1[N+](=O)[O-]. The van der Waals surface area contributed by atoms with Crippen molar-refractivity contribution in [3.8, 4) is 0 Å². The summed E-state index contributed by atoms with van der Waals surface area (Å²) in [6.45, 7) is 1.72. The second-order valence-electron chi connectivity index (χ2n) is 6.60. The molecule has 1 aliphatic rings. The number of amides is 1. The molecule has 0 heterocycles. The van der Waals surface area contributed by atoms with Crippen LogP contribution in [0, 0.1) is 17.0 Å². The molecule has 0 aromatic heterocycles. The maximum absolute atomic E-state index is 12.7. The van der Waals surface area contributed by atoms with Crippen LogP contribution in [0.2, 0.25) is 0 Å². The number of nitrogens with one attached hydrogen (secondary N) is 1. The average Bonchev–Trinajstić information content (AvgIpc) is 3.46. The molecule has 1 amide bonds. The van der Waals surface area contributed by atoms with Gasteiger partial charge in [-0.1, -0.05) is 23.8 Å². The second kappa shape index (κ2) is 7.46. The van der Waals surface area contributed by atoms with Gasteiger partial charge in [0.05, 0.1) is 10.5 Å². The predicted molar refractivity (Wildman–Crippen MR) is 97.8 cm³/mol. The molecule has 146 valence electrons. The van der Waals surface area contributed by atoms with Gasteiger partial charge < -0.3 is 5.32 Å². The third-order valence-corrected chi connectivity index (χ3v) is 4.58. The Kier molecular flexibility index (Phi) is 5.22. The van der Waals surface area contributed by atoms with E-state index in [4.69, 9.17) is 0 Å². The molecule has 0 saturated heterocycles. The van der Waals surface area contributed by atoms with Crippen LogP contribution in [0.15, 0.2) is 48.0 Å². The zero-order valence-corrected chi connectivity index (χ0v) is 15.0. The summed E-state index contributed by atoms with van der Waals surface area (Å²) >= 11 is 0. The first-order valence-corrected chi connectivity index (χ1v) is 8.58. The van der Waals surface area contributed by atoms with Crippen LogP contribution in [0.4, 0.5) is 18.9 Å². The minimum atomic E-state index is -4.40. The number of halogens is 3. The molecule has 2 aromatic rings. The van der Waals surface area contributed by atoms with E-state index in [-0.39, 0.29) is 17.8 Å². The lowest BCUT2D eigenvalue weighted by molar-refractivity contribution is -0.385. The van der Waals surface area contributed by atoms with Crippen LogP contribution in [0.1, 0.15) is 39.9 Å². The molecular weight excluding hydrogens is 373 g/mol. The molecule has 3 rings (SSSR count). The molecule has 8 heteroatoms. The number of carbonyl (C=O) groups is 1. The topological polar surface area (TPSA) is 72.2 Å². The lowest BCUT2D eigenvalue weighted by Crippen LogP contribution is -2.25. The largest absolute Gasteiger partial charge is 0.416 e. The first-order chi connectivity index (χ1) is 13.2. The molecule has 1 saturated carbocycles. The molecule has 1 N–H and O–H groups in total. The van der Waals surface area contributed by atoms with Gasteiger partial charge in [0.2, 0.25) is 0 Å². The van der Waals surface area contributed by atoms with E-state index in [1.54, 1.807) is 6.92 Å². The standard InChI is InChI=1S/C20H17F3N2O3/c1-12-2-3-15(10-18(12)25(27)28)19(26)24-11-17(13-4-5-13)14-6-8-16(9-7-14)20(21,22)23/h2-3,6-10H,4-5,11H2,1H3,(H,24,26). The van der Waals surface area contributed by atoms with Crippen molar-refractivity contribution in [2.45, 2.75) is 25.9 Å².